The van der Waals surface area contributed by atoms with Gasteiger partial charge in [0.1, 0.15) is 11.9 Å². The van der Waals surface area contributed by atoms with Gasteiger partial charge in [0.25, 0.3) is 0 Å². The summed E-state index contributed by atoms with van der Waals surface area (Å²) in [6, 6.07) is 3.34. The lowest BCUT2D eigenvalue weighted by atomic mass is 9.98. The molecule has 2 aromatic rings. The summed E-state index contributed by atoms with van der Waals surface area (Å²) in [6.07, 6.45) is -2.12. The van der Waals surface area contributed by atoms with E-state index in [0.29, 0.717) is 12.1 Å². The van der Waals surface area contributed by atoms with Gasteiger partial charge in [0.15, 0.2) is 28.9 Å². The third-order valence-corrected chi connectivity index (χ3v) is 3.51. The summed E-state index contributed by atoms with van der Waals surface area (Å²) in [5.74, 6) is -4.67. The van der Waals surface area contributed by atoms with Crippen molar-refractivity contribution >= 4 is 5.78 Å². The molecule has 2 rings (SSSR count). The van der Waals surface area contributed by atoms with E-state index in [1.54, 1.807) is 0 Å². The number of Topliss-reactive ketones (excluding diaryl/α,β-unsaturated/α-hetero) is 1. The second-order valence-electron chi connectivity index (χ2n) is 4.97. The van der Waals surface area contributed by atoms with Crippen LogP contribution in [0.15, 0.2) is 24.3 Å². The molecule has 1 N–H and O–H groups in total. The van der Waals surface area contributed by atoms with Gasteiger partial charge in [-0.15, -0.1) is 0 Å². The number of ketones is 1. The first-order valence-corrected chi connectivity index (χ1v) is 7.00. The average Bonchev–Trinajstić information content (AvgIpc) is 2.61. The Bertz CT molecular complexity index is 782. The number of hydrogen-bond acceptors (Lipinski definition) is 5. The van der Waals surface area contributed by atoms with E-state index >= 15 is 0 Å². The molecule has 1 atom stereocenters. The molecular formula is C17H15F3O5. The molecule has 0 amide bonds. The Morgan fingerprint density at radius 2 is 1.52 bits per heavy atom. The van der Waals surface area contributed by atoms with Gasteiger partial charge in [-0.05, 0) is 18.2 Å². The van der Waals surface area contributed by atoms with Gasteiger partial charge in [-0.2, -0.15) is 0 Å². The SMILES string of the molecule is COc1cc(C(=O)[C@H](O)c2cc(F)cc(F)c2F)cc(OC)c1OC. The molecule has 0 radical (unpaired) electrons. The smallest absolute Gasteiger partial charge is 0.203 e. The topological polar surface area (TPSA) is 65.0 Å². The molecule has 0 heterocycles. The fourth-order valence-corrected chi connectivity index (χ4v) is 2.30. The van der Waals surface area contributed by atoms with Crippen molar-refractivity contribution < 1.29 is 37.3 Å². The van der Waals surface area contributed by atoms with Gasteiger partial charge < -0.3 is 19.3 Å². The van der Waals surface area contributed by atoms with E-state index in [2.05, 4.69) is 0 Å². The highest BCUT2D eigenvalue weighted by molar-refractivity contribution is 6.01. The minimum Gasteiger partial charge on any atom is -0.493 e. The number of benzene rings is 2. The van der Waals surface area contributed by atoms with E-state index < -0.39 is 34.9 Å². The maximum atomic E-state index is 13.8. The zero-order chi connectivity index (χ0) is 18.7. The first-order chi connectivity index (χ1) is 11.8. The highest BCUT2D eigenvalue weighted by atomic mass is 19.2. The molecule has 0 spiro atoms. The lowest BCUT2D eigenvalue weighted by Gasteiger charge is -2.16. The third-order valence-electron chi connectivity index (χ3n) is 3.51. The number of halogens is 3. The van der Waals surface area contributed by atoms with Gasteiger partial charge in [0, 0.05) is 17.2 Å². The van der Waals surface area contributed by atoms with Crippen molar-refractivity contribution in [1.29, 1.82) is 0 Å². The lowest BCUT2D eigenvalue weighted by molar-refractivity contribution is 0.0737. The van der Waals surface area contributed by atoms with Crippen LogP contribution in [-0.4, -0.2) is 32.2 Å². The zero-order valence-corrected chi connectivity index (χ0v) is 13.6. The van der Waals surface area contributed by atoms with Gasteiger partial charge in [-0.3, -0.25) is 4.79 Å². The number of rotatable bonds is 6. The Balaban J connectivity index is 2.50. The molecule has 0 aliphatic rings. The number of carbonyl (C=O) groups excluding carboxylic acids is 1. The van der Waals surface area contributed by atoms with Crippen molar-refractivity contribution in [2.75, 3.05) is 21.3 Å². The van der Waals surface area contributed by atoms with Crippen LogP contribution in [0.1, 0.15) is 22.0 Å². The predicted octanol–water partition coefficient (Wildman–Crippen LogP) is 3.05. The molecule has 0 unspecified atom stereocenters. The van der Waals surface area contributed by atoms with Gasteiger partial charge in [-0.25, -0.2) is 13.2 Å². The Morgan fingerprint density at radius 1 is 0.960 bits per heavy atom. The molecule has 0 aliphatic carbocycles. The summed E-state index contributed by atoms with van der Waals surface area (Å²) < 4.78 is 55.7. The molecule has 8 heteroatoms. The second-order valence-corrected chi connectivity index (χ2v) is 4.97. The van der Waals surface area contributed by atoms with Crippen LogP contribution in [0.5, 0.6) is 17.2 Å². The molecule has 0 fully saturated rings. The third kappa shape index (κ3) is 3.53. The van der Waals surface area contributed by atoms with E-state index in [4.69, 9.17) is 14.2 Å². The molecular weight excluding hydrogens is 341 g/mol. The molecule has 0 saturated heterocycles. The normalized spacial score (nSPS) is 11.8. The first kappa shape index (κ1) is 18.6. The number of aliphatic hydroxyl groups excluding tert-OH is 1. The van der Waals surface area contributed by atoms with Crippen LogP contribution in [0.4, 0.5) is 13.2 Å². The highest BCUT2D eigenvalue weighted by Crippen LogP contribution is 2.39. The number of methoxy groups -OCH3 is 3. The summed E-state index contributed by atoms with van der Waals surface area (Å²) >= 11 is 0. The van der Waals surface area contributed by atoms with Crippen LogP contribution in [-0.2, 0) is 0 Å². The summed E-state index contributed by atoms with van der Waals surface area (Å²) in [6.45, 7) is 0. The van der Waals surface area contributed by atoms with E-state index in [1.807, 2.05) is 0 Å². The van der Waals surface area contributed by atoms with E-state index in [0.717, 1.165) is 0 Å². The first-order valence-electron chi connectivity index (χ1n) is 7.00. The largest absolute Gasteiger partial charge is 0.493 e. The summed E-state index contributed by atoms with van der Waals surface area (Å²) in [7, 11) is 4.01. The van der Waals surface area contributed by atoms with E-state index in [-0.39, 0.29) is 22.8 Å². The fourth-order valence-electron chi connectivity index (χ4n) is 2.30. The molecule has 0 bridgehead atoms. The molecule has 25 heavy (non-hydrogen) atoms. The minimum absolute atomic E-state index is 0.119. The zero-order valence-electron chi connectivity index (χ0n) is 13.6. The van der Waals surface area contributed by atoms with Crippen molar-refractivity contribution in [2.45, 2.75) is 6.10 Å². The molecule has 5 nitrogen and oxygen atoms in total. The maximum Gasteiger partial charge on any atom is 0.203 e. The summed E-state index contributed by atoms with van der Waals surface area (Å²) in [4.78, 5) is 12.4. The second kappa shape index (κ2) is 7.43. The minimum atomic E-state index is -2.12. The molecule has 2 aromatic carbocycles. The molecule has 0 aliphatic heterocycles. The number of aliphatic hydroxyl groups is 1. The van der Waals surface area contributed by atoms with Gasteiger partial charge in [-0.1, -0.05) is 0 Å². The van der Waals surface area contributed by atoms with Crippen molar-refractivity contribution in [3.8, 4) is 17.2 Å². The fraction of sp³-hybridized carbons (Fsp3) is 0.235. The molecule has 0 aromatic heterocycles. The molecule has 134 valence electrons. The molecule has 0 saturated carbocycles. The van der Waals surface area contributed by atoms with Gasteiger partial charge >= 0.3 is 0 Å². The van der Waals surface area contributed by atoms with Crippen LogP contribution in [0.2, 0.25) is 0 Å². The van der Waals surface area contributed by atoms with Gasteiger partial charge in [0.2, 0.25) is 5.75 Å². The lowest BCUT2D eigenvalue weighted by Crippen LogP contribution is -2.15. The van der Waals surface area contributed by atoms with Crippen LogP contribution >= 0.6 is 0 Å². The van der Waals surface area contributed by atoms with Crippen molar-refractivity contribution in [2.24, 2.45) is 0 Å². The summed E-state index contributed by atoms with van der Waals surface area (Å²) in [5.41, 5.74) is -0.928. The Hall–Kier alpha value is -2.74. The maximum absolute atomic E-state index is 13.8. The van der Waals surface area contributed by atoms with Crippen molar-refractivity contribution in [1.82, 2.24) is 0 Å². The Morgan fingerprint density at radius 3 is 2.00 bits per heavy atom. The quantitative estimate of drug-likeness (QED) is 0.637. The predicted molar refractivity (Wildman–Crippen MR) is 81.7 cm³/mol. The standard InChI is InChI=1S/C17H15F3O5/c1-23-12-4-8(5-13(24-2)17(12)25-3)15(21)16(22)10-6-9(18)7-11(19)14(10)20/h4-7,16,22H,1-3H3/t16-/m1/s1. The Labute approximate surface area is 141 Å². The Kier molecular flexibility index (Phi) is 5.53. The average molecular weight is 356 g/mol. The van der Waals surface area contributed by atoms with Crippen molar-refractivity contribution in [3.05, 3.63) is 52.8 Å². The van der Waals surface area contributed by atoms with E-state index in [9.17, 15) is 23.1 Å². The highest BCUT2D eigenvalue weighted by Gasteiger charge is 2.27. The van der Waals surface area contributed by atoms with Crippen LogP contribution in [0.3, 0.4) is 0 Å². The number of ether oxygens (including phenoxy) is 3. The monoisotopic (exact) mass is 356 g/mol. The van der Waals surface area contributed by atoms with Crippen LogP contribution in [0.25, 0.3) is 0 Å². The number of hydrogen-bond donors (Lipinski definition) is 1. The van der Waals surface area contributed by atoms with E-state index in [1.165, 1.54) is 33.5 Å². The van der Waals surface area contributed by atoms with Crippen molar-refractivity contribution in [3.63, 3.8) is 0 Å². The van der Waals surface area contributed by atoms with Crippen LogP contribution < -0.4 is 14.2 Å². The van der Waals surface area contributed by atoms with Crippen LogP contribution in [0, 0.1) is 17.5 Å². The van der Waals surface area contributed by atoms with Gasteiger partial charge in [0.05, 0.1) is 21.3 Å². The number of carbonyl (C=O) groups is 1. The summed E-state index contributed by atoms with van der Waals surface area (Å²) in [5, 5.41) is 10.1.